The number of carbonyl (C=O) groups is 1. The maximum absolute atomic E-state index is 13.3. The van der Waals surface area contributed by atoms with E-state index in [2.05, 4.69) is 36.0 Å². The summed E-state index contributed by atoms with van der Waals surface area (Å²) < 4.78 is 0. The van der Waals surface area contributed by atoms with E-state index in [1.807, 2.05) is 26.0 Å². The molecule has 1 fully saturated rings. The van der Waals surface area contributed by atoms with Gasteiger partial charge in [0.1, 0.15) is 0 Å². The number of benzene rings is 1. The van der Waals surface area contributed by atoms with Crippen molar-refractivity contribution >= 4 is 23.2 Å². The number of hydrogen-bond acceptors (Lipinski definition) is 3. The quantitative estimate of drug-likeness (QED) is 0.501. The van der Waals surface area contributed by atoms with Gasteiger partial charge in [0.05, 0.1) is 0 Å². The molecule has 0 spiro atoms. The van der Waals surface area contributed by atoms with E-state index in [1.165, 1.54) is 32.1 Å². The van der Waals surface area contributed by atoms with Crippen molar-refractivity contribution < 1.29 is 4.79 Å². The van der Waals surface area contributed by atoms with Crippen molar-refractivity contribution in [3.63, 3.8) is 0 Å². The van der Waals surface area contributed by atoms with E-state index in [0.717, 1.165) is 41.4 Å². The van der Waals surface area contributed by atoms with Crippen molar-refractivity contribution in [2.45, 2.75) is 85.7 Å². The van der Waals surface area contributed by atoms with Crippen LogP contribution in [0.1, 0.15) is 85.6 Å². The summed E-state index contributed by atoms with van der Waals surface area (Å²) in [6.45, 7) is 11.4. The molecule has 180 valence electrons. The van der Waals surface area contributed by atoms with Crippen LogP contribution >= 0.6 is 11.6 Å². The lowest BCUT2D eigenvalue weighted by atomic mass is 9.83. The SMILES string of the molecule is CCc1c(C(=O)NCc2c(C)cc(C)[nH]c2=O)cc(Cl)cc1N(CC)C1CCC(CC)CC1. The molecule has 1 amide bonds. The third kappa shape index (κ3) is 5.81. The maximum atomic E-state index is 13.3. The van der Waals surface area contributed by atoms with Crippen LogP contribution in [0.5, 0.6) is 0 Å². The van der Waals surface area contributed by atoms with Gasteiger partial charge in [0.15, 0.2) is 0 Å². The first-order valence-corrected chi connectivity index (χ1v) is 12.7. The highest BCUT2D eigenvalue weighted by atomic mass is 35.5. The molecular weight excluding hydrogens is 434 g/mol. The number of aromatic amines is 1. The molecule has 0 bridgehead atoms. The third-order valence-electron chi connectivity index (χ3n) is 7.19. The minimum Gasteiger partial charge on any atom is -0.369 e. The van der Waals surface area contributed by atoms with Gasteiger partial charge in [-0.05, 0) is 88.1 Å². The Labute approximate surface area is 202 Å². The first-order chi connectivity index (χ1) is 15.8. The van der Waals surface area contributed by atoms with Crippen LogP contribution in [0, 0.1) is 19.8 Å². The highest BCUT2D eigenvalue weighted by Crippen LogP contribution is 2.36. The van der Waals surface area contributed by atoms with E-state index >= 15 is 0 Å². The summed E-state index contributed by atoms with van der Waals surface area (Å²) in [6.07, 6.45) is 6.87. The number of carbonyl (C=O) groups excluding carboxylic acids is 1. The molecule has 5 nitrogen and oxygen atoms in total. The molecule has 2 aromatic rings. The number of H-pyrrole nitrogens is 1. The average molecular weight is 472 g/mol. The van der Waals surface area contributed by atoms with Crippen molar-refractivity contribution in [1.82, 2.24) is 10.3 Å². The molecule has 2 N–H and O–H groups in total. The van der Waals surface area contributed by atoms with Crippen LogP contribution < -0.4 is 15.8 Å². The summed E-state index contributed by atoms with van der Waals surface area (Å²) in [5, 5.41) is 3.53. The van der Waals surface area contributed by atoms with E-state index in [1.54, 1.807) is 6.07 Å². The minimum atomic E-state index is -0.194. The monoisotopic (exact) mass is 471 g/mol. The topological polar surface area (TPSA) is 65.2 Å². The fraction of sp³-hybridized carbons (Fsp3) is 0.556. The Morgan fingerprint density at radius 2 is 1.79 bits per heavy atom. The number of hydrogen-bond donors (Lipinski definition) is 2. The van der Waals surface area contributed by atoms with Crippen LogP contribution in [0.15, 0.2) is 23.0 Å². The van der Waals surface area contributed by atoms with Crippen LogP contribution in [0.2, 0.25) is 5.02 Å². The number of halogens is 1. The fourth-order valence-corrected chi connectivity index (χ4v) is 5.52. The zero-order valence-corrected chi connectivity index (χ0v) is 21.4. The number of nitrogens with zero attached hydrogens (tertiary/aromatic N) is 1. The van der Waals surface area contributed by atoms with Gasteiger partial charge in [0, 0.05) is 46.7 Å². The maximum Gasteiger partial charge on any atom is 0.253 e. The molecule has 1 aliphatic carbocycles. The zero-order valence-electron chi connectivity index (χ0n) is 20.7. The summed E-state index contributed by atoms with van der Waals surface area (Å²) >= 11 is 6.53. The lowest BCUT2D eigenvalue weighted by molar-refractivity contribution is 0.0950. The van der Waals surface area contributed by atoms with Crippen LogP contribution in [0.3, 0.4) is 0 Å². The van der Waals surface area contributed by atoms with Crippen molar-refractivity contribution in [1.29, 1.82) is 0 Å². The Hall–Kier alpha value is -2.27. The van der Waals surface area contributed by atoms with E-state index < -0.39 is 0 Å². The Bertz CT molecular complexity index is 1040. The van der Waals surface area contributed by atoms with Crippen LogP contribution in [-0.2, 0) is 13.0 Å². The normalized spacial score (nSPS) is 18.2. The van der Waals surface area contributed by atoms with Gasteiger partial charge in [-0.3, -0.25) is 9.59 Å². The second-order valence-electron chi connectivity index (χ2n) is 9.30. The lowest BCUT2D eigenvalue weighted by Crippen LogP contribution is -2.39. The fourth-order valence-electron chi connectivity index (χ4n) is 5.31. The number of anilines is 1. The van der Waals surface area contributed by atoms with Crippen molar-refractivity contribution in [3.8, 4) is 0 Å². The van der Waals surface area contributed by atoms with Gasteiger partial charge in [0.2, 0.25) is 0 Å². The largest absolute Gasteiger partial charge is 0.369 e. The molecule has 0 saturated heterocycles. The van der Waals surface area contributed by atoms with Crippen LogP contribution in [0.4, 0.5) is 5.69 Å². The Kier molecular flexibility index (Phi) is 8.63. The molecule has 1 aromatic carbocycles. The Morgan fingerprint density at radius 3 is 2.36 bits per heavy atom. The number of aromatic nitrogens is 1. The molecular formula is C27H38ClN3O2. The number of nitrogens with one attached hydrogen (secondary N) is 2. The predicted octanol–water partition coefficient (Wildman–Crippen LogP) is 5.93. The van der Waals surface area contributed by atoms with Gasteiger partial charge in [-0.2, -0.15) is 0 Å². The van der Waals surface area contributed by atoms with E-state index in [4.69, 9.17) is 11.6 Å². The number of amides is 1. The summed E-state index contributed by atoms with van der Waals surface area (Å²) in [5.74, 6) is 0.639. The average Bonchev–Trinajstić information content (AvgIpc) is 2.78. The van der Waals surface area contributed by atoms with E-state index in [0.29, 0.717) is 22.2 Å². The van der Waals surface area contributed by atoms with Crippen molar-refractivity contribution in [2.75, 3.05) is 11.4 Å². The van der Waals surface area contributed by atoms with E-state index in [9.17, 15) is 9.59 Å². The molecule has 0 unspecified atom stereocenters. The predicted molar refractivity (Wildman–Crippen MR) is 138 cm³/mol. The van der Waals surface area contributed by atoms with Gasteiger partial charge in [-0.15, -0.1) is 0 Å². The summed E-state index contributed by atoms with van der Waals surface area (Å²) in [6, 6.07) is 6.17. The molecule has 6 heteroatoms. The van der Waals surface area contributed by atoms with Crippen molar-refractivity contribution in [3.05, 3.63) is 61.5 Å². The van der Waals surface area contributed by atoms with Gasteiger partial charge < -0.3 is 15.2 Å². The number of rotatable bonds is 8. The Balaban J connectivity index is 1.87. The third-order valence-corrected chi connectivity index (χ3v) is 7.41. The standard InChI is InChI=1S/C27H38ClN3O2/c1-6-19-9-11-21(12-10-19)31(8-3)25-15-20(28)14-23(22(25)7-2)26(32)29-16-24-17(4)13-18(5)30-27(24)33/h13-15,19,21H,6-12,16H2,1-5H3,(H,29,32)(H,30,33). The van der Waals surface area contributed by atoms with Crippen LogP contribution in [-0.4, -0.2) is 23.5 Å². The summed E-state index contributed by atoms with van der Waals surface area (Å²) in [7, 11) is 0. The molecule has 1 aliphatic rings. The molecule has 3 rings (SSSR count). The van der Waals surface area contributed by atoms with Gasteiger partial charge in [0.25, 0.3) is 11.5 Å². The molecule has 0 atom stereocenters. The molecule has 1 heterocycles. The molecule has 1 saturated carbocycles. The van der Waals surface area contributed by atoms with Gasteiger partial charge >= 0.3 is 0 Å². The zero-order chi connectivity index (χ0) is 24.1. The second kappa shape index (κ2) is 11.2. The molecule has 33 heavy (non-hydrogen) atoms. The minimum absolute atomic E-state index is 0.157. The summed E-state index contributed by atoms with van der Waals surface area (Å²) in [5.41, 5.74) is 4.80. The smallest absolute Gasteiger partial charge is 0.253 e. The van der Waals surface area contributed by atoms with Crippen molar-refractivity contribution in [2.24, 2.45) is 5.92 Å². The molecule has 0 radical (unpaired) electrons. The first kappa shape index (κ1) is 25.4. The highest BCUT2D eigenvalue weighted by Gasteiger charge is 2.27. The van der Waals surface area contributed by atoms with Gasteiger partial charge in [-0.1, -0.05) is 31.9 Å². The summed E-state index contributed by atoms with van der Waals surface area (Å²) in [4.78, 5) is 30.9. The Morgan fingerprint density at radius 1 is 1.09 bits per heavy atom. The second-order valence-corrected chi connectivity index (χ2v) is 9.74. The lowest BCUT2D eigenvalue weighted by Gasteiger charge is -2.39. The number of pyridine rings is 1. The molecule has 0 aliphatic heterocycles. The highest BCUT2D eigenvalue weighted by molar-refractivity contribution is 6.31. The van der Waals surface area contributed by atoms with Gasteiger partial charge in [-0.25, -0.2) is 0 Å². The van der Waals surface area contributed by atoms with Crippen LogP contribution in [0.25, 0.3) is 0 Å². The number of aryl methyl sites for hydroxylation is 2. The van der Waals surface area contributed by atoms with E-state index in [-0.39, 0.29) is 18.0 Å². The first-order valence-electron chi connectivity index (χ1n) is 12.4. The molecule has 1 aromatic heterocycles.